The maximum atomic E-state index is 4.36. The maximum Gasteiger partial charge on any atom is 0.157 e. The molecule has 1 aliphatic heterocycles. The number of nitrogens with one attached hydrogen (secondary N) is 1. The molecule has 0 aromatic heterocycles. The summed E-state index contributed by atoms with van der Waals surface area (Å²) in [5, 5.41) is 6.21. The highest BCUT2D eigenvalue weighted by Gasteiger charge is 2.33. The van der Waals surface area contributed by atoms with Gasteiger partial charge in [-0.15, -0.1) is 0 Å². The highest BCUT2D eigenvalue weighted by atomic mass is 15.9. The summed E-state index contributed by atoms with van der Waals surface area (Å²) in [6.07, 6.45) is 2.08. The summed E-state index contributed by atoms with van der Waals surface area (Å²) in [4.78, 5) is 0. The van der Waals surface area contributed by atoms with Crippen molar-refractivity contribution in [2.45, 2.75) is 6.17 Å². The van der Waals surface area contributed by atoms with Crippen molar-refractivity contribution >= 4 is 6.21 Å². The molecular weight excluding hydrogens is 210 g/mol. The van der Waals surface area contributed by atoms with Gasteiger partial charge in [-0.3, -0.25) is 0 Å². The largest absolute Gasteiger partial charge is 0.204 e. The first kappa shape index (κ1) is 10.1. The van der Waals surface area contributed by atoms with Crippen LogP contribution in [0.1, 0.15) is 17.3 Å². The van der Waals surface area contributed by atoms with Crippen LogP contribution in [-0.2, 0) is 0 Å². The zero-order valence-electron chi connectivity index (χ0n) is 9.32. The minimum absolute atomic E-state index is 0.219. The summed E-state index contributed by atoms with van der Waals surface area (Å²) in [7, 11) is 0. The van der Waals surface area contributed by atoms with Gasteiger partial charge in [0.15, 0.2) is 6.17 Å². The van der Waals surface area contributed by atoms with E-state index in [0.717, 1.165) is 5.56 Å². The van der Waals surface area contributed by atoms with Crippen molar-refractivity contribution in [2.24, 2.45) is 5.10 Å². The van der Waals surface area contributed by atoms with E-state index in [1.54, 1.807) is 0 Å². The van der Waals surface area contributed by atoms with E-state index >= 15 is 0 Å². The predicted octanol–water partition coefficient (Wildman–Crippen LogP) is 2.54. The number of hydrogen-bond donors (Lipinski definition) is 1. The van der Waals surface area contributed by atoms with Crippen molar-refractivity contribution in [3.8, 4) is 0 Å². The third-order valence-electron chi connectivity index (χ3n) is 2.68. The number of nitrogens with zero attached hydrogens (tertiary/aromatic N) is 2. The zero-order chi connectivity index (χ0) is 11.5. The SMILES string of the molecule is C(=NN1NC1c1ccccc1)c1ccccc1. The minimum Gasteiger partial charge on any atom is -0.204 e. The summed E-state index contributed by atoms with van der Waals surface area (Å²) < 4.78 is 0. The van der Waals surface area contributed by atoms with Gasteiger partial charge >= 0.3 is 0 Å². The fraction of sp³-hybridized carbons (Fsp3) is 0.0714. The molecule has 0 spiro atoms. The Bertz CT molecular complexity index is 508. The van der Waals surface area contributed by atoms with Crippen molar-refractivity contribution in [3.05, 3.63) is 71.8 Å². The maximum absolute atomic E-state index is 4.36. The Labute approximate surface area is 100 Å². The number of rotatable bonds is 3. The van der Waals surface area contributed by atoms with E-state index in [-0.39, 0.29) is 6.17 Å². The molecule has 0 aliphatic carbocycles. The van der Waals surface area contributed by atoms with Gasteiger partial charge in [-0.2, -0.15) is 10.5 Å². The first-order chi connectivity index (χ1) is 8.43. The molecule has 0 bridgehead atoms. The predicted molar refractivity (Wildman–Crippen MR) is 68.2 cm³/mol. The van der Waals surface area contributed by atoms with E-state index in [2.05, 4.69) is 22.7 Å². The van der Waals surface area contributed by atoms with Gasteiger partial charge in [-0.1, -0.05) is 60.7 Å². The van der Waals surface area contributed by atoms with Crippen LogP contribution in [0.3, 0.4) is 0 Å². The average molecular weight is 223 g/mol. The van der Waals surface area contributed by atoms with Crippen molar-refractivity contribution in [3.63, 3.8) is 0 Å². The highest BCUT2D eigenvalue weighted by Crippen LogP contribution is 2.27. The van der Waals surface area contributed by atoms with Crippen LogP contribution in [-0.4, -0.2) is 11.3 Å². The molecule has 1 unspecified atom stereocenters. The Hall–Kier alpha value is -2.13. The van der Waals surface area contributed by atoms with E-state index < -0.39 is 0 Å². The van der Waals surface area contributed by atoms with Crippen LogP contribution in [0.2, 0.25) is 0 Å². The van der Waals surface area contributed by atoms with Crippen molar-refractivity contribution in [1.82, 2.24) is 10.5 Å². The quantitative estimate of drug-likeness (QED) is 0.641. The lowest BCUT2D eigenvalue weighted by Crippen LogP contribution is -1.91. The molecule has 17 heavy (non-hydrogen) atoms. The summed E-state index contributed by atoms with van der Waals surface area (Å²) in [6.45, 7) is 0. The molecule has 0 saturated carbocycles. The normalized spacial score (nSPS) is 18.6. The fourth-order valence-electron chi connectivity index (χ4n) is 1.71. The van der Waals surface area contributed by atoms with E-state index in [9.17, 15) is 0 Å². The number of hydrazine groups is 1. The zero-order valence-corrected chi connectivity index (χ0v) is 9.32. The number of benzene rings is 2. The van der Waals surface area contributed by atoms with Crippen LogP contribution < -0.4 is 5.43 Å². The Morgan fingerprint density at radius 1 is 0.941 bits per heavy atom. The van der Waals surface area contributed by atoms with E-state index in [1.807, 2.05) is 59.9 Å². The number of hydrogen-bond acceptors (Lipinski definition) is 3. The molecule has 84 valence electrons. The summed E-state index contributed by atoms with van der Waals surface area (Å²) >= 11 is 0. The highest BCUT2D eigenvalue weighted by molar-refractivity contribution is 5.79. The lowest BCUT2D eigenvalue weighted by Gasteiger charge is -1.95. The van der Waals surface area contributed by atoms with Gasteiger partial charge in [0.1, 0.15) is 0 Å². The van der Waals surface area contributed by atoms with E-state index in [0.29, 0.717) is 0 Å². The fourth-order valence-corrected chi connectivity index (χ4v) is 1.71. The Morgan fingerprint density at radius 2 is 1.59 bits per heavy atom. The van der Waals surface area contributed by atoms with Gasteiger partial charge in [0.2, 0.25) is 0 Å². The second-order valence-corrected chi connectivity index (χ2v) is 3.94. The summed E-state index contributed by atoms with van der Waals surface area (Å²) in [5.74, 6) is 0. The van der Waals surface area contributed by atoms with Gasteiger partial charge in [0.25, 0.3) is 0 Å². The van der Waals surface area contributed by atoms with Gasteiger partial charge in [-0.25, -0.2) is 5.12 Å². The van der Waals surface area contributed by atoms with Crippen molar-refractivity contribution in [2.75, 3.05) is 0 Å². The van der Waals surface area contributed by atoms with Crippen molar-refractivity contribution in [1.29, 1.82) is 0 Å². The van der Waals surface area contributed by atoms with Crippen LogP contribution in [0, 0.1) is 0 Å². The third-order valence-corrected chi connectivity index (χ3v) is 2.68. The first-order valence-electron chi connectivity index (χ1n) is 5.63. The minimum atomic E-state index is 0.219. The second kappa shape index (κ2) is 4.39. The van der Waals surface area contributed by atoms with Gasteiger partial charge in [0.05, 0.1) is 6.21 Å². The Morgan fingerprint density at radius 3 is 2.29 bits per heavy atom. The van der Waals surface area contributed by atoms with Crippen LogP contribution in [0.5, 0.6) is 0 Å². The van der Waals surface area contributed by atoms with Gasteiger partial charge in [0, 0.05) is 0 Å². The van der Waals surface area contributed by atoms with Gasteiger partial charge in [-0.05, 0) is 11.1 Å². The molecule has 2 aromatic carbocycles. The van der Waals surface area contributed by atoms with Crippen LogP contribution in [0.15, 0.2) is 65.8 Å². The summed E-state index contributed by atoms with van der Waals surface area (Å²) in [6, 6.07) is 20.4. The van der Waals surface area contributed by atoms with Crippen molar-refractivity contribution < 1.29 is 0 Å². The van der Waals surface area contributed by atoms with E-state index in [1.165, 1.54) is 5.56 Å². The molecule has 1 heterocycles. The molecule has 1 saturated heterocycles. The molecule has 3 rings (SSSR count). The molecule has 1 aliphatic rings. The number of hydrazone groups is 1. The molecular formula is C14H13N3. The van der Waals surface area contributed by atoms with Crippen LogP contribution >= 0.6 is 0 Å². The lowest BCUT2D eigenvalue weighted by molar-refractivity contribution is 0.524. The average Bonchev–Trinajstić information content (AvgIpc) is 3.18. The van der Waals surface area contributed by atoms with Crippen LogP contribution in [0.25, 0.3) is 0 Å². The third kappa shape index (κ3) is 2.34. The molecule has 1 fully saturated rings. The smallest absolute Gasteiger partial charge is 0.157 e. The monoisotopic (exact) mass is 223 g/mol. The molecule has 3 nitrogen and oxygen atoms in total. The van der Waals surface area contributed by atoms with Crippen LogP contribution in [0.4, 0.5) is 0 Å². The first-order valence-corrected chi connectivity index (χ1v) is 5.63. The second-order valence-electron chi connectivity index (χ2n) is 3.94. The van der Waals surface area contributed by atoms with Gasteiger partial charge < -0.3 is 0 Å². The molecule has 2 aromatic rings. The molecule has 1 N–H and O–H groups in total. The lowest BCUT2D eigenvalue weighted by atomic mass is 10.2. The standard InChI is InChI=1S/C14H13N3/c1-3-7-12(8-4-1)11-15-17-14(16-17)13-9-5-2-6-10-13/h1-11,14,16H. The topological polar surface area (TPSA) is 37.3 Å². The summed E-state index contributed by atoms with van der Waals surface area (Å²) in [5.41, 5.74) is 5.53. The molecule has 0 amide bonds. The molecule has 1 atom stereocenters. The molecule has 0 radical (unpaired) electrons. The molecule has 3 heteroatoms. The van der Waals surface area contributed by atoms with E-state index in [4.69, 9.17) is 0 Å². The Balaban J connectivity index is 1.65. The Kier molecular flexibility index (Phi) is 2.60.